The highest BCUT2D eigenvalue weighted by molar-refractivity contribution is 6.32. The van der Waals surface area contributed by atoms with Crippen molar-refractivity contribution < 1.29 is 24.1 Å². The van der Waals surface area contributed by atoms with Gasteiger partial charge in [-0.25, -0.2) is 4.79 Å². The molecule has 0 bridgehead atoms. The quantitative estimate of drug-likeness (QED) is 0.413. The van der Waals surface area contributed by atoms with Crippen molar-refractivity contribution in [2.75, 3.05) is 13.7 Å². The zero-order valence-electron chi connectivity index (χ0n) is 21.9. The average Bonchev–Trinajstić information content (AvgIpc) is 2.99. The van der Waals surface area contributed by atoms with Gasteiger partial charge in [-0.1, -0.05) is 50.6 Å². The summed E-state index contributed by atoms with van der Waals surface area (Å²) >= 11 is 6.72. The number of fused-ring (bicyclic) bond motifs is 3. The first kappa shape index (κ1) is 26.6. The molecule has 194 valence electrons. The van der Waals surface area contributed by atoms with Gasteiger partial charge in [-0.3, -0.25) is 0 Å². The molecule has 36 heavy (non-hydrogen) atoms. The molecule has 0 unspecified atom stereocenters. The maximum atomic E-state index is 11.3. The lowest BCUT2D eigenvalue weighted by Crippen LogP contribution is -2.36. The third-order valence-electron chi connectivity index (χ3n) is 7.55. The lowest BCUT2D eigenvalue weighted by atomic mass is 9.74. The van der Waals surface area contributed by atoms with Crippen molar-refractivity contribution in [1.29, 1.82) is 0 Å². The van der Waals surface area contributed by atoms with Crippen molar-refractivity contribution in [3.63, 3.8) is 0 Å². The normalized spacial score (nSPS) is 23.7. The van der Waals surface area contributed by atoms with Crippen molar-refractivity contribution in [3.05, 3.63) is 69.8 Å². The Labute approximate surface area is 219 Å². The van der Waals surface area contributed by atoms with Gasteiger partial charge in [0.1, 0.15) is 11.5 Å². The molecule has 0 saturated carbocycles. The zero-order valence-corrected chi connectivity index (χ0v) is 22.7. The minimum absolute atomic E-state index is 0.0257. The molecule has 1 aliphatic carbocycles. The number of hydrogen-bond acceptors (Lipinski definition) is 4. The Balaban J connectivity index is 1.79. The number of methoxy groups -OCH3 is 1. The molecule has 2 aliphatic rings. The van der Waals surface area contributed by atoms with Gasteiger partial charge in [-0.2, -0.15) is 0 Å². The van der Waals surface area contributed by atoms with Crippen molar-refractivity contribution in [3.8, 4) is 11.5 Å². The van der Waals surface area contributed by atoms with Gasteiger partial charge in [0.15, 0.2) is 6.61 Å². The summed E-state index contributed by atoms with van der Waals surface area (Å²) in [6.45, 7) is 12.3. The minimum atomic E-state index is -1.05. The summed E-state index contributed by atoms with van der Waals surface area (Å²) in [6, 6.07) is 10.3. The molecule has 2 aromatic rings. The SMILES string of the molecule is C=C(C)[C@@H]1C[C@@H]2c3ccc(OC)cc3CCC[C@@H]2O[C@@H]1c1cc(C(C)(C)C)cc(Cl)c1OCC(=O)O. The van der Waals surface area contributed by atoms with Crippen molar-refractivity contribution in [2.45, 2.75) is 76.9 Å². The number of rotatable bonds is 6. The van der Waals surface area contributed by atoms with E-state index in [1.807, 2.05) is 19.1 Å². The topological polar surface area (TPSA) is 65.0 Å². The van der Waals surface area contributed by atoms with Gasteiger partial charge in [0.05, 0.1) is 24.3 Å². The molecular formula is C30H37ClO5. The zero-order chi connectivity index (χ0) is 26.2. The van der Waals surface area contributed by atoms with Crippen molar-refractivity contribution >= 4 is 17.6 Å². The first-order chi connectivity index (χ1) is 17.0. The van der Waals surface area contributed by atoms with E-state index in [2.05, 4.69) is 45.5 Å². The second-order valence-corrected chi connectivity index (χ2v) is 11.6. The van der Waals surface area contributed by atoms with Crippen LogP contribution in [-0.4, -0.2) is 30.9 Å². The van der Waals surface area contributed by atoms with E-state index in [1.165, 1.54) is 11.1 Å². The Kier molecular flexibility index (Phi) is 7.72. The smallest absolute Gasteiger partial charge is 0.341 e. The van der Waals surface area contributed by atoms with Gasteiger partial charge in [0.25, 0.3) is 0 Å². The second-order valence-electron chi connectivity index (χ2n) is 11.2. The summed E-state index contributed by atoms with van der Waals surface area (Å²) in [6.07, 6.45) is 3.55. The number of carboxylic acid groups (broad SMARTS) is 1. The van der Waals surface area contributed by atoms with Crippen LogP contribution in [0.25, 0.3) is 0 Å². The second kappa shape index (κ2) is 10.5. The fourth-order valence-electron chi connectivity index (χ4n) is 5.60. The number of halogens is 1. The molecule has 1 saturated heterocycles. The van der Waals surface area contributed by atoms with Crippen LogP contribution in [0.3, 0.4) is 0 Å². The third-order valence-corrected chi connectivity index (χ3v) is 7.83. The highest BCUT2D eigenvalue weighted by Gasteiger charge is 2.42. The summed E-state index contributed by atoms with van der Waals surface area (Å²) < 4.78 is 18.2. The van der Waals surface area contributed by atoms with E-state index >= 15 is 0 Å². The number of ether oxygens (including phenoxy) is 3. The van der Waals surface area contributed by atoms with E-state index in [9.17, 15) is 9.90 Å². The number of carbonyl (C=O) groups is 1. The Hall–Kier alpha value is -2.50. The van der Waals surface area contributed by atoms with E-state index < -0.39 is 12.6 Å². The molecular weight excluding hydrogens is 476 g/mol. The highest BCUT2D eigenvalue weighted by Crippen LogP contribution is 2.52. The fourth-order valence-corrected chi connectivity index (χ4v) is 5.88. The maximum Gasteiger partial charge on any atom is 0.341 e. The lowest BCUT2D eigenvalue weighted by Gasteiger charge is -2.43. The molecule has 4 atom stereocenters. The summed E-state index contributed by atoms with van der Waals surface area (Å²) in [5, 5.41) is 9.69. The number of aliphatic carboxylic acids is 1. The number of carboxylic acids is 1. The van der Waals surface area contributed by atoms with E-state index in [1.54, 1.807) is 7.11 Å². The first-order valence-corrected chi connectivity index (χ1v) is 13.0. The van der Waals surface area contributed by atoms with Gasteiger partial charge < -0.3 is 19.3 Å². The van der Waals surface area contributed by atoms with E-state index in [0.29, 0.717) is 10.8 Å². The Bertz CT molecular complexity index is 1150. The Morgan fingerprint density at radius 3 is 2.61 bits per heavy atom. The van der Waals surface area contributed by atoms with Crippen LogP contribution < -0.4 is 9.47 Å². The summed E-state index contributed by atoms with van der Waals surface area (Å²) in [5.41, 5.74) is 5.38. The molecule has 5 nitrogen and oxygen atoms in total. The van der Waals surface area contributed by atoms with Gasteiger partial charge in [-0.15, -0.1) is 0 Å². The van der Waals surface area contributed by atoms with Crippen LogP contribution in [0, 0.1) is 5.92 Å². The Morgan fingerprint density at radius 2 is 1.97 bits per heavy atom. The minimum Gasteiger partial charge on any atom is -0.497 e. The molecule has 4 rings (SSSR count). The molecule has 1 N–H and O–H groups in total. The molecule has 1 heterocycles. The summed E-state index contributed by atoms with van der Waals surface area (Å²) in [4.78, 5) is 11.3. The van der Waals surface area contributed by atoms with Gasteiger partial charge in [-0.05, 0) is 79.0 Å². The molecule has 0 spiro atoms. The lowest BCUT2D eigenvalue weighted by molar-refractivity contribution is -0.139. The van der Waals surface area contributed by atoms with E-state index in [4.69, 9.17) is 25.8 Å². The molecule has 1 fully saturated rings. The van der Waals surface area contributed by atoms with Crippen LogP contribution in [-0.2, 0) is 21.4 Å². The Morgan fingerprint density at radius 1 is 1.22 bits per heavy atom. The highest BCUT2D eigenvalue weighted by atomic mass is 35.5. The molecule has 0 amide bonds. The first-order valence-electron chi connectivity index (χ1n) is 12.7. The van der Waals surface area contributed by atoms with Gasteiger partial charge in [0.2, 0.25) is 0 Å². The number of aryl methyl sites for hydroxylation is 1. The average molecular weight is 513 g/mol. The van der Waals surface area contributed by atoms with Crippen LogP contribution in [0.5, 0.6) is 11.5 Å². The molecule has 2 aromatic carbocycles. The monoisotopic (exact) mass is 512 g/mol. The predicted octanol–water partition coefficient (Wildman–Crippen LogP) is 7.25. The number of hydrogen-bond donors (Lipinski definition) is 1. The van der Waals surface area contributed by atoms with Crippen LogP contribution in [0.4, 0.5) is 0 Å². The third kappa shape index (κ3) is 5.42. The maximum absolute atomic E-state index is 11.3. The summed E-state index contributed by atoms with van der Waals surface area (Å²) in [7, 11) is 1.70. The predicted molar refractivity (Wildman–Crippen MR) is 142 cm³/mol. The van der Waals surface area contributed by atoms with Gasteiger partial charge >= 0.3 is 5.97 Å². The molecule has 0 aromatic heterocycles. The fraction of sp³-hybridized carbons (Fsp3) is 0.500. The van der Waals surface area contributed by atoms with Gasteiger partial charge in [0, 0.05) is 17.4 Å². The van der Waals surface area contributed by atoms with Crippen LogP contribution >= 0.6 is 11.6 Å². The van der Waals surface area contributed by atoms with Crippen LogP contribution in [0.2, 0.25) is 5.02 Å². The van der Waals surface area contributed by atoms with Crippen molar-refractivity contribution in [1.82, 2.24) is 0 Å². The van der Waals surface area contributed by atoms with Crippen LogP contribution in [0.15, 0.2) is 42.5 Å². The summed E-state index contributed by atoms with van der Waals surface area (Å²) in [5.74, 6) is 0.496. The number of benzene rings is 2. The standard InChI is InChI=1S/C30H37ClO5/c1-17(2)22-15-23-21-11-10-20(34-6)12-18(21)8-7-9-26(23)36-28(22)24-13-19(30(3,4)5)14-25(31)29(24)35-16-27(32)33/h10-14,22-23,26,28H,1,7-9,15-16H2,2-6H3,(H,32,33)/t22-,23+,26-,28-/m0/s1. The largest absolute Gasteiger partial charge is 0.497 e. The van der Waals surface area contributed by atoms with Crippen molar-refractivity contribution in [2.24, 2.45) is 5.92 Å². The van der Waals surface area contributed by atoms with E-state index in [-0.39, 0.29) is 29.5 Å². The molecule has 6 heteroatoms. The molecule has 0 radical (unpaired) electrons. The van der Waals surface area contributed by atoms with E-state index in [0.717, 1.165) is 48.1 Å². The van der Waals surface area contributed by atoms with Crippen LogP contribution in [0.1, 0.15) is 81.2 Å². The molecule has 1 aliphatic heterocycles.